The van der Waals surface area contributed by atoms with Crippen LogP contribution in [-0.2, 0) is 0 Å². The maximum Gasteiger partial charge on any atom is 0.166 e. The predicted molar refractivity (Wildman–Crippen MR) is 89.7 cm³/mol. The molecule has 125 valence electrons. The molecule has 2 aliphatic rings. The van der Waals surface area contributed by atoms with Crippen LogP contribution in [0.2, 0.25) is 0 Å². The van der Waals surface area contributed by atoms with Gasteiger partial charge in [-0.05, 0) is 94.4 Å². The third-order valence-corrected chi connectivity index (χ3v) is 5.19. The first kappa shape index (κ1) is 16.6. The highest BCUT2D eigenvalue weighted by molar-refractivity contribution is 5.98. The Morgan fingerprint density at radius 1 is 1.00 bits per heavy atom. The lowest BCUT2D eigenvalue weighted by atomic mass is 9.74. The van der Waals surface area contributed by atoms with E-state index >= 15 is 0 Å². The fraction of sp³-hybridized carbons (Fsp3) is 0.579. The average Bonchev–Trinajstić information content (AvgIpc) is 2.61. The van der Waals surface area contributed by atoms with Crippen LogP contribution in [0.1, 0.15) is 36.0 Å². The van der Waals surface area contributed by atoms with Gasteiger partial charge in [0, 0.05) is 11.5 Å². The average molecular weight is 317 g/mol. The molecule has 0 spiro atoms. The molecule has 2 saturated heterocycles. The summed E-state index contributed by atoms with van der Waals surface area (Å²) < 4.78 is 13.1. The van der Waals surface area contributed by atoms with Crippen LogP contribution in [0.5, 0.6) is 0 Å². The summed E-state index contributed by atoms with van der Waals surface area (Å²) in [6.45, 7) is 4.03. The van der Waals surface area contributed by atoms with E-state index in [4.69, 9.17) is 0 Å². The molecule has 2 fully saturated rings. The molecule has 0 aromatic heterocycles. The van der Waals surface area contributed by atoms with Crippen molar-refractivity contribution in [3.8, 4) is 0 Å². The molecule has 2 heterocycles. The number of piperidine rings is 2. The Kier molecular flexibility index (Phi) is 5.79. The van der Waals surface area contributed by atoms with Crippen LogP contribution in [0.3, 0.4) is 0 Å². The van der Waals surface area contributed by atoms with Crippen LogP contribution in [0.15, 0.2) is 24.3 Å². The molecule has 0 amide bonds. The van der Waals surface area contributed by atoms with Crippen LogP contribution in [0, 0.1) is 30.0 Å². The third-order valence-electron chi connectivity index (χ3n) is 5.19. The molecule has 23 heavy (non-hydrogen) atoms. The van der Waals surface area contributed by atoms with Gasteiger partial charge in [0.05, 0.1) is 0 Å². The second-order valence-electron chi connectivity index (χ2n) is 6.76. The van der Waals surface area contributed by atoms with Crippen molar-refractivity contribution in [2.75, 3.05) is 26.2 Å². The third kappa shape index (κ3) is 4.39. The van der Waals surface area contributed by atoms with Crippen molar-refractivity contribution >= 4 is 5.78 Å². The fourth-order valence-electron chi connectivity index (χ4n) is 3.80. The topological polar surface area (TPSA) is 41.1 Å². The van der Waals surface area contributed by atoms with Crippen LogP contribution >= 0.6 is 0 Å². The van der Waals surface area contributed by atoms with Crippen molar-refractivity contribution in [3.05, 3.63) is 42.1 Å². The summed E-state index contributed by atoms with van der Waals surface area (Å²) in [4.78, 5) is 13.0. The number of hydrogen-bond acceptors (Lipinski definition) is 3. The Hall–Kier alpha value is -1.26. The molecule has 2 aliphatic heterocycles. The number of carbonyl (C=O) groups excluding carboxylic acids is 1. The molecule has 3 nitrogen and oxygen atoms in total. The molecule has 4 heteroatoms. The first-order valence-corrected chi connectivity index (χ1v) is 8.80. The molecular formula is C19H26FN2O. The summed E-state index contributed by atoms with van der Waals surface area (Å²) in [6.07, 6.45) is 6.61. The Balaban J connectivity index is 1.75. The fourth-order valence-corrected chi connectivity index (χ4v) is 3.80. The van der Waals surface area contributed by atoms with Crippen LogP contribution in [-0.4, -0.2) is 32.0 Å². The lowest BCUT2D eigenvalue weighted by Crippen LogP contribution is -2.37. The summed E-state index contributed by atoms with van der Waals surface area (Å²) in [5.74, 6) is 0.757. The van der Waals surface area contributed by atoms with Crippen molar-refractivity contribution in [2.45, 2.75) is 25.7 Å². The van der Waals surface area contributed by atoms with Crippen molar-refractivity contribution in [3.63, 3.8) is 0 Å². The van der Waals surface area contributed by atoms with E-state index in [1.807, 2.05) is 0 Å². The minimum absolute atomic E-state index is 0.0364. The zero-order valence-electron chi connectivity index (χ0n) is 13.6. The maximum absolute atomic E-state index is 13.1. The summed E-state index contributed by atoms with van der Waals surface area (Å²) in [6, 6.07) is 6.03. The number of hydrogen-bond donors (Lipinski definition) is 2. The van der Waals surface area contributed by atoms with Crippen molar-refractivity contribution in [2.24, 2.45) is 17.8 Å². The zero-order valence-corrected chi connectivity index (χ0v) is 13.6. The van der Waals surface area contributed by atoms with Gasteiger partial charge in [-0.1, -0.05) is 0 Å². The van der Waals surface area contributed by atoms with Crippen molar-refractivity contribution in [1.29, 1.82) is 0 Å². The Morgan fingerprint density at radius 2 is 1.57 bits per heavy atom. The monoisotopic (exact) mass is 317 g/mol. The number of Topliss-reactive ketones (excluding diaryl/α,β-unsaturated/α-hetero) is 1. The van der Waals surface area contributed by atoms with Gasteiger partial charge in [0.1, 0.15) is 5.82 Å². The zero-order chi connectivity index (χ0) is 16.1. The van der Waals surface area contributed by atoms with Gasteiger partial charge >= 0.3 is 0 Å². The summed E-state index contributed by atoms with van der Waals surface area (Å²) >= 11 is 0. The smallest absolute Gasteiger partial charge is 0.166 e. The van der Waals surface area contributed by atoms with Crippen LogP contribution in [0.4, 0.5) is 4.39 Å². The van der Waals surface area contributed by atoms with Crippen molar-refractivity contribution in [1.82, 2.24) is 10.6 Å². The molecule has 0 aliphatic carbocycles. The molecule has 1 aromatic carbocycles. The minimum Gasteiger partial charge on any atom is -0.317 e. The summed E-state index contributed by atoms with van der Waals surface area (Å²) in [5, 5.41) is 6.75. The van der Waals surface area contributed by atoms with E-state index in [9.17, 15) is 9.18 Å². The van der Waals surface area contributed by atoms with Crippen LogP contribution in [0.25, 0.3) is 0 Å². The van der Waals surface area contributed by atoms with E-state index in [2.05, 4.69) is 17.1 Å². The molecule has 2 N–H and O–H groups in total. The second-order valence-corrected chi connectivity index (χ2v) is 6.76. The predicted octanol–water partition coefficient (Wildman–Crippen LogP) is 2.83. The van der Waals surface area contributed by atoms with Gasteiger partial charge in [-0.2, -0.15) is 0 Å². The van der Waals surface area contributed by atoms with Gasteiger partial charge in [0.2, 0.25) is 0 Å². The van der Waals surface area contributed by atoms with Gasteiger partial charge in [0.15, 0.2) is 5.78 Å². The number of ketones is 1. The van der Waals surface area contributed by atoms with E-state index in [-0.39, 0.29) is 17.5 Å². The highest BCUT2D eigenvalue weighted by Gasteiger charge is 2.32. The molecule has 1 atom stereocenters. The number of halogens is 1. The highest BCUT2D eigenvalue weighted by atomic mass is 19.1. The molecule has 0 saturated carbocycles. The van der Waals surface area contributed by atoms with Crippen LogP contribution < -0.4 is 10.6 Å². The largest absolute Gasteiger partial charge is 0.317 e. The Morgan fingerprint density at radius 3 is 2.17 bits per heavy atom. The Labute approximate surface area is 138 Å². The number of carbonyl (C=O) groups is 1. The lowest BCUT2D eigenvalue weighted by molar-refractivity contribution is 0.0866. The molecule has 0 bridgehead atoms. The van der Waals surface area contributed by atoms with Gasteiger partial charge in [0.25, 0.3) is 0 Å². The standard InChI is InChI=1S/C19H26FN2O/c20-17-3-1-16(2-4-17)19(23)18(15-7-11-22-12-8-15)13-14-5-9-21-10-6-14/h1-4,13-15,18,21-22H,5-12H2. The number of benzene rings is 1. The SMILES string of the molecule is O=C(c1ccc(F)cc1)C([CH]C1CCNCC1)C1CCNCC1. The van der Waals surface area contributed by atoms with E-state index in [0.717, 1.165) is 51.9 Å². The first-order chi connectivity index (χ1) is 11.2. The van der Waals surface area contributed by atoms with E-state index in [0.29, 0.717) is 17.4 Å². The highest BCUT2D eigenvalue weighted by Crippen LogP contribution is 2.32. The first-order valence-electron chi connectivity index (χ1n) is 8.80. The lowest BCUT2D eigenvalue weighted by Gasteiger charge is -2.33. The van der Waals surface area contributed by atoms with Gasteiger partial charge in [-0.25, -0.2) is 4.39 Å². The maximum atomic E-state index is 13.1. The number of nitrogens with one attached hydrogen (secondary N) is 2. The summed E-state index contributed by atoms with van der Waals surface area (Å²) in [7, 11) is 0. The molecule has 3 rings (SSSR count). The van der Waals surface area contributed by atoms with E-state index in [1.54, 1.807) is 12.1 Å². The Bertz CT molecular complexity index is 505. The quantitative estimate of drug-likeness (QED) is 0.821. The molecular weight excluding hydrogens is 291 g/mol. The van der Waals surface area contributed by atoms with Gasteiger partial charge in [-0.15, -0.1) is 0 Å². The van der Waals surface area contributed by atoms with Crippen molar-refractivity contribution < 1.29 is 9.18 Å². The minimum atomic E-state index is -0.290. The molecule has 1 aromatic rings. The van der Waals surface area contributed by atoms with E-state index in [1.165, 1.54) is 12.1 Å². The summed E-state index contributed by atoms with van der Waals surface area (Å²) in [5.41, 5.74) is 0.639. The molecule has 1 radical (unpaired) electrons. The normalized spacial score (nSPS) is 22.0. The van der Waals surface area contributed by atoms with Gasteiger partial charge in [-0.3, -0.25) is 4.79 Å². The van der Waals surface area contributed by atoms with Gasteiger partial charge < -0.3 is 10.6 Å². The van der Waals surface area contributed by atoms with E-state index < -0.39 is 0 Å². The second kappa shape index (κ2) is 8.02. The number of rotatable bonds is 5. The molecule has 1 unspecified atom stereocenters.